The monoisotopic (exact) mass is 615 g/mol. The molecule has 0 aliphatic carbocycles. The number of likely N-dealkylation sites (N-methyl/N-ethyl adjacent to an activating group) is 1. The van der Waals surface area contributed by atoms with Crippen LogP contribution >= 0.6 is 0 Å². The number of carbonyl (C=O) groups is 1. The Morgan fingerprint density at radius 2 is 1.27 bits per heavy atom. The average molecular weight is 616 g/mol. The fraction of sp³-hybridized carbons (Fsp3) is 0.969. The number of epoxide rings is 1. The number of carbonyl (C=O) groups excluding carboxylic acids is 1. The summed E-state index contributed by atoms with van der Waals surface area (Å²) in [5, 5.41) is 0.0913. The molecule has 0 bridgehead atoms. The first-order valence-corrected chi connectivity index (χ1v) is 21.6. The second-order valence-corrected chi connectivity index (χ2v) is 26.3. The van der Waals surface area contributed by atoms with E-state index in [1.54, 1.807) is 19.0 Å². The van der Waals surface area contributed by atoms with Crippen LogP contribution in [0.15, 0.2) is 0 Å². The molecular formula is C32H65NO6Si2. The van der Waals surface area contributed by atoms with Crippen LogP contribution in [0, 0.1) is 23.7 Å². The Kier molecular flexibility index (Phi) is 11.3. The number of hydrogen-bond donors (Lipinski definition) is 0. The first-order chi connectivity index (χ1) is 18.2. The normalized spacial score (nSPS) is 29.3. The smallest absolute Gasteiger partial charge is 0.253 e. The predicted molar refractivity (Wildman–Crippen MR) is 173 cm³/mol. The van der Waals surface area contributed by atoms with Crippen LogP contribution in [-0.2, 0) is 27.9 Å². The van der Waals surface area contributed by atoms with Crippen LogP contribution in [0.2, 0.25) is 36.3 Å². The van der Waals surface area contributed by atoms with Gasteiger partial charge in [-0.05, 0) is 50.1 Å². The maximum Gasteiger partial charge on any atom is 0.253 e. The molecule has 0 aromatic carbocycles. The van der Waals surface area contributed by atoms with Crippen molar-refractivity contribution in [3.8, 4) is 0 Å². The van der Waals surface area contributed by atoms with E-state index in [2.05, 4.69) is 95.4 Å². The van der Waals surface area contributed by atoms with E-state index >= 15 is 0 Å². The fourth-order valence-corrected chi connectivity index (χ4v) is 8.42. The Morgan fingerprint density at radius 3 is 1.66 bits per heavy atom. The van der Waals surface area contributed by atoms with Crippen molar-refractivity contribution in [1.82, 2.24) is 4.90 Å². The molecule has 1 amide bonds. The van der Waals surface area contributed by atoms with Gasteiger partial charge in [0, 0.05) is 37.8 Å². The molecule has 2 saturated heterocycles. The summed E-state index contributed by atoms with van der Waals surface area (Å²) in [6.45, 7) is 36.7. The molecular weight excluding hydrogens is 551 g/mol. The van der Waals surface area contributed by atoms with E-state index in [1.807, 2.05) is 13.8 Å². The lowest BCUT2D eigenvalue weighted by atomic mass is 9.78. The molecule has 9 heteroatoms. The highest BCUT2D eigenvalue weighted by molar-refractivity contribution is 6.74. The molecule has 0 N–H and O–H groups in total. The van der Waals surface area contributed by atoms with E-state index in [1.165, 1.54) is 0 Å². The summed E-state index contributed by atoms with van der Waals surface area (Å²) in [7, 11) is -0.771. The second kappa shape index (κ2) is 12.6. The van der Waals surface area contributed by atoms with Crippen LogP contribution in [0.25, 0.3) is 0 Å². The van der Waals surface area contributed by atoms with Gasteiger partial charge in [-0.25, -0.2) is 0 Å². The zero-order chi connectivity index (χ0) is 32.1. The lowest BCUT2D eigenvalue weighted by Gasteiger charge is -2.50. The molecule has 9 atom stereocenters. The van der Waals surface area contributed by atoms with Crippen LogP contribution in [0.1, 0.15) is 83.1 Å². The summed E-state index contributed by atoms with van der Waals surface area (Å²) in [6.07, 6.45) is -0.824. The van der Waals surface area contributed by atoms with Gasteiger partial charge in [0.1, 0.15) is 0 Å². The van der Waals surface area contributed by atoms with Crippen molar-refractivity contribution in [1.29, 1.82) is 0 Å². The summed E-state index contributed by atoms with van der Waals surface area (Å²) < 4.78 is 33.4. The molecule has 2 heterocycles. The van der Waals surface area contributed by atoms with Gasteiger partial charge in [-0.3, -0.25) is 4.79 Å². The zero-order valence-corrected chi connectivity index (χ0v) is 31.8. The van der Waals surface area contributed by atoms with Gasteiger partial charge < -0.3 is 28.0 Å². The molecule has 2 aliphatic rings. The third-order valence-electron chi connectivity index (χ3n) is 10.5. The number of ether oxygens (including phenoxy) is 3. The lowest BCUT2D eigenvalue weighted by molar-refractivity contribution is -0.304. The number of nitrogens with zero attached hydrogens (tertiary/aromatic N) is 1. The van der Waals surface area contributed by atoms with Crippen molar-refractivity contribution in [2.75, 3.05) is 20.7 Å². The molecule has 0 aromatic rings. The maximum absolute atomic E-state index is 12.8. The van der Waals surface area contributed by atoms with Crippen LogP contribution in [0.3, 0.4) is 0 Å². The van der Waals surface area contributed by atoms with Gasteiger partial charge in [-0.1, -0.05) is 69.2 Å². The van der Waals surface area contributed by atoms with E-state index < -0.39 is 28.5 Å². The van der Waals surface area contributed by atoms with Gasteiger partial charge >= 0.3 is 0 Å². The molecule has 2 rings (SSSR count). The number of rotatable bonds is 11. The van der Waals surface area contributed by atoms with Crippen LogP contribution in [0.4, 0.5) is 0 Å². The summed E-state index contributed by atoms with van der Waals surface area (Å²) in [5.74, 6) is -0.201. The first kappa shape index (κ1) is 36.9. The molecule has 0 aromatic heterocycles. The molecule has 0 saturated carbocycles. The molecule has 2 fully saturated rings. The van der Waals surface area contributed by atoms with Gasteiger partial charge in [0.2, 0.25) is 0 Å². The number of hydrogen-bond acceptors (Lipinski definition) is 6. The van der Waals surface area contributed by atoms with Crippen molar-refractivity contribution in [3.05, 3.63) is 0 Å². The second-order valence-electron chi connectivity index (χ2n) is 16.8. The molecule has 0 spiro atoms. The van der Waals surface area contributed by atoms with Gasteiger partial charge in [0.25, 0.3) is 5.91 Å². The van der Waals surface area contributed by atoms with Gasteiger partial charge in [-0.2, -0.15) is 0 Å². The van der Waals surface area contributed by atoms with Crippen molar-refractivity contribution in [2.24, 2.45) is 23.7 Å². The Labute approximate surface area is 255 Å². The largest absolute Gasteiger partial charge is 0.413 e. The molecule has 7 nitrogen and oxygen atoms in total. The minimum Gasteiger partial charge on any atom is -0.413 e. The highest BCUT2D eigenvalue weighted by Gasteiger charge is 2.55. The average Bonchev–Trinajstić information content (AvgIpc) is 3.60. The van der Waals surface area contributed by atoms with Crippen molar-refractivity contribution in [2.45, 2.75) is 156 Å². The van der Waals surface area contributed by atoms with E-state index in [0.29, 0.717) is 6.61 Å². The highest BCUT2D eigenvalue weighted by Crippen LogP contribution is 2.46. The zero-order valence-electron chi connectivity index (χ0n) is 29.8. The Hall–Kier alpha value is -0.296. The lowest BCUT2D eigenvalue weighted by Crippen LogP contribution is -2.57. The molecule has 0 radical (unpaired) electrons. The van der Waals surface area contributed by atoms with Gasteiger partial charge in [0.15, 0.2) is 28.5 Å². The first-order valence-electron chi connectivity index (χ1n) is 15.8. The van der Waals surface area contributed by atoms with Crippen LogP contribution in [0.5, 0.6) is 0 Å². The SMILES string of the molecule is C[C@H]([C@H](O[Si](C)(C)C(C)(C)C)[C@H](C)[C@H]1O[C@@H]1C(=O)N(C)C)[C@H](O[Si](C)(C)C(C)(C)C)[C@H](C)[C@@H]1OC(C)(C)OC[C@H]1C. The molecule has 2 aliphatic heterocycles. The van der Waals surface area contributed by atoms with Gasteiger partial charge in [0.05, 0.1) is 31.0 Å². The van der Waals surface area contributed by atoms with E-state index in [0.717, 1.165) is 0 Å². The highest BCUT2D eigenvalue weighted by atomic mass is 28.4. The van der Waals surface area contributed by atoms with E-state index in [9.17, 15) is 4.79 Å². The molecule has 242 valence electrons. The third kappa shape index (κ3) is 8.67. The summed E-state index contributed by atoms with van der Waals surface area (Å²) in [4.78, 5) is 14.4. The van der Waals surface area contributed by atoms with Crippen molar-refractivity contribution >= 4 is 22.5 Å². The minimum absolute atomic E-state index is 0.0139. The fourth-order valence-electron chi connectivity index (χ4n) is 5.49. The Bertz CT molecular complexity index is 894. The van der Waals surface area contributed by atoms with E-state index in [4.69, 9.17) is 23.1 Å². The molecule has 0 unspecified atom stereocenters. The van der Waals surface area contributed by atoms with Gasteiger partial charge in [-0.15, -0.1) is 0 Å². The Balaban J connectivity index is 2.57. The van der Waals surface area contributed by atoms with Crippen LogP contribution in [-0.4, -0.2) is 84.5 Å². The molecule has 41 heavy (non-hydrogen) atoms. The Morgan fingerprint density at radius 1 is 0.854 bits per heavy atom. The van der Waals surface area contributed by atoms with Crippen molar-refractivity contribution in [3.63, 3.8) is 0 Å². The minimum atomic E-state index is -2.18. The summed E-state index contributed by atoms with van der Waals surface area (Å²) in [5.41, 5.74) is 0. The summed E-state index contributed by atoms with van der Waals surface area (Å²) >= 11 is 0. The quantitative estimate of drug-likeness (QED) is 0.179. The standard InChI is InChI=1S/C32H65NO6Si2/c1-20-19-35-32(11,12)37-24(20)21(2)25(38-40(15,16)30(5,6)7)22(3)26(39-41(17,18)31(8,9)10)23(4)27-28(36-27)29(34)33(13)14/h20-28H,19H2,1-18H3/t20-,21-,22+,23+,24-,25-,26+,27-,28+/m1/s1. The maximum atomic E-state index is 12.8. The third-order valence-corrected chi connectivity index (χ3v) is 19.4. The topological polar surface area (TPSA) is 69.8 Å². The van der Waals surface area contributed by atoms with Crippen LogP contribution < -0.4 is 0 Å². The summed E-state index contributed by atoms with van der Waals surface area (Å²) in [6, 6.07) is 0. The van der Waals surface area contributed by atoms with E-state index in [-0.39, 0.29) is 64.1 Å². The number of amides is 1. The van der Waals surface area contributed by atoms with Crippen molar-refractivity contribution < 1.29 is 27.9 Å². The predicted octanol–water partition coefficient (Wildman–Crippen LogP) is 7.32.